The fourth-order valence-electron chi connectivity index (χ4n) is 3.70. The summed E-state index contributed by atoms with van der Waals surface area (Å²) < 4.78 is 26.7. The quantitative estimate of drug-likeness (QED) is 0.621. The van der Waals surface area contributed by atoms with Gasteiger partial charge in [-0.25, -0.2) is 8.42 Å². The van der Waals surface area contributed by atoms with Crippen molar-refractivity contribution in [2.75, 3.05) is 40.3 Å². The van der Waals surface area contributed by atoms with Gasteiger partial charge in [0, 0.05) is 31.2 Å². The van der Waals surface area contributed by atoms with Crippen LogP contribution in [0.5, 0.6) is 0 Å². The predicted octanol–water partition coefficient (Wildman–Crippen LogP) is 2.85. The van der Waals surface area contributed by atoms with Crippen LogP contribution in [-0.2, 0) is 10.0 Å². The molecule has 1 N–H and O–H groups in total. The zero-order chi connectivity index (χ0) is 21.7. The van der Waals surface area contributed by atoms with Crippen molar-refractivity contribution in [3.8, 4) is 0 Å². The minimum absolute atomic E-state index is 0.0541. The molecular formula is C23H31N3O3S. The third-order valence-electron chi connectivity index (χ3n) is 5.59. The van der Waals surface area contributed by atoms with Gasteiger partial charge >= 0.3 is 0 Å². The molecule has 6 nitrogen and oxygen atoms in total. The average Bonchev–Trinajstić information content (AvgIpc) is 3.28. The third kappa shape index (κ3) is 5.35. The van der Waals surface area contributed by atoms with E-state index in [1.165, 1.54) is 27.6 Å². The van der Waals surface area contributed by atoms with Crippen LogP contribution < -0.4 is 5.32 Å². The summed E-state index contributed by atoms with van der Waals surface area (Å²) in [7, 11) is 0.591. The molecule has 1 fully saturated rings. The van der Waals surface area contributed by atoms with Gasteiger partial charge < -0.3 is 10.2 Å². The van der Waals surface area contributed by atoms with Crippen molar-refractivity contribution >= 4 is 15.8 Å². The summed E-state index contributed by atoms with van der Waals surface area (Å²) in [6.07, 6.45) is 1.80. The molecule has 0 aromatic heterocycles. The van der Waals surface area contributed by atoms with Crippen LogP contribution in [-0.4, -0.2) is 63.7 Å². The molecule has 2 aromatic rings. The highest BCUT2D eigenvalue weighted by molar-refractivity contribution is 7.89. The van der Waals surface area contributed by atoms with Gasteiger partial charge in [0.15, 0.2) is 5.78 Å². The monoisotopic (exact) mass is 429 g/mol. The highest BCUT2D eigenvalue weighted by atomic mass is 32.2. The van der Waals surface area contributed by atoms with E-state index in [1.54, 1.807) is 12.1 Å². The third-order valence-corrected chi connectivity index (χ3v) is 7.50. The molecule has 0 radical (unpaired) electrons. The summed E-state index contributed by atoms with van der Waals surface area (Å²) in [5.74, 6) is -0.0541. The molecule has 1 heterocycles. The molecule has 0 amide bonds. The number of carbonyl (C=O) groups is 1. The molecule has 30 heavy (non-hydrogen) atoms. The van der Waals surface area contributed by atoms with Gasteiger partial charge in [-0.3, -0.25) is 4.79 Å². The van der Waals surface area contributed by atoms with Crippen LogP contribution in [0.4, 0.5) is 0 Å². The Morgan fingerprint density at radius 2 is 1.63 bits per heavy atom. The Balaban J connectivity index is 1.58. The van der Waals surface area contributed by atoms with Gasteiger partial charge in [-0.15, -0.1) is 0 Å². The Hall–Kier alpha value is -2.06. The van der Waals surface area contributed by atoms with Crippen molar-refractivity contribution in [2.45, 2.75) is 30.7 Å². The standard InChI is InChI=1S/C23H31N3O3S/c1-18-6-8-19(9-7-18)22(25(2)3)16-24-17-23(27)20-10-12-21(13-11-20)30(28,29)26-14-4-5-15-26/h6-13,22,24H,4-5,14-17H2,1-3H3. The van der Waals surface area contributed by atoms with Crippen molar-refractivity contribution in [2.24, 2.45) is 0 Å². The Bertz CT molecular complexity index is 948. The number of rotatable bonds is 9. The number of sulfonamides is 1. The Morgan fingerprint density at radius 3 is 2.20 bits per heavy atom. The van der Waals surface area contributed by atoms with Gasteiger partial charge in [0.25, 0.3) is 0 Å². The normalized spacial score (nSPS) is 16.1. The first kappa shape index (κ1) is 22.6. The SMILES string of the molecule is Cc1ccc(C(CNCC(=O)c2ccc(S(=O)(=O)N3CCCC3)cc2)N(C)C)cc1. The molecule has 1 aliphatic heterocycles. The number of aryl methyl sites for hydroxylation is 1. The second kappa shape index (κ2) is 9.83. The van der Waals surface area contributed by atoms with Gasteiger partial charge in [0.05, 0.1) is 11.4 Å². The smallest absolute Gasteiger partial charge is 0.243 e. The highest BCUT2D eigenvalue weighted by Gasteiger charge is 2.27. The molecule has 7 heteroatoms. The lowest BCUT2D eigenvalue weighted by molar-refractivity contribution is 0.0988. The molecule has 0 spiro atoms. The van der Waals surface area contributed by atoms with Gasteiger partial charge in [-0.05, 0) is 51.6 Å². The molecule has 1 aliphatic rings. The van der Waals surface area contributed by atoms with E-state index < -0.39 is 10.0 Å². The highest BCUT2D eigenvalue weighted by Crippen LogP contribution is 2.21. The number of likely N-dealkylation sites (N-methyl/N-ethyl adjacent to an activating group) is 1. The predicted molar refractivity (Wildman–Crippen MR) is 119 cm³/mol. The number of hydrogen-bond acceptors (Lipinski definition) is 5. The molecule has 1 saturated heterocycles. The summed E-state index contributed by atoms with van der Waals surface area (Å²) >= 11 is 0. The fourth-order valence-corrected chi connectivity index (χ4v) is 5.22. The van der Waals surface area contributed by atoms with Crippen LogP contribution in [0, 0.1) is 6.92 Å². The Morgan fingerprint density at radius 1 is 1.03 bits per heavy atom. The van der Waals surface area contributed by atoms with E-state index in [4.69, 9.17) is 0 Å². The van der Waals surface area contributed by atoms with Crippen LogP contribution in [0.3, 0.4) is 0 Å². The second-order valence-corrected chi connectivity index (χ2v) is 10.0. The Kier molecular flexibility index (Phi) is 7.41. The van der Waals surface area contributed by atoms with Crippen LogP contribution in [0.15, 0.2) is 53.4 Å². The van der Waals surface area contributed by atoms with Gasteiger partial charge in [-0.1, -0.05) is 42.0 Å². The van der Waals surface area contributed by atoms with Crippen LogP contribution >= 0.6 is 0 Å². The summed E-state index contributed by atoms with van der Waals surface area (Å²) in [4.78, 5) is 14.9. The minimum atomic E-state index is -3.45. The summed E-state index contributed by atoms with van der Waals surface area (Å²) in [5, 5.41) is 3.25. The van der Waals surface area contributed by atoms with E-state index in [1.807, 2.05) is 14.1 Å². The molecule has 1 unspecified atom stereocenters. The van der Waals surface area contributed by atoms with Crippen molar-refractivity contribution in [3.05, 3.63) is 65.2 Å². The van der Waals surface area contributed by atoms with E-state index in [0.29, 0.717) is 25.2 Å². The number of nitrogens with zero attached hydrogens (tertiary/aromatic N) is 2. The maximum Gasteiger partial charge on any atom is 0.243 e. The van der Waals surface area contributed by atoms with Crippen LogP contribution in [0.2, 0.25) is 0 Å². The molecule has 1 atom stereocenters. The van der Waals surface area contributed by atoms with Crippen molar-refractivity contribution in [1.29, 1.82) is 0 Å². The van der Waals surface area contributed by atoms with Crippen LogP contribution in [0.1, 0.15) is 40.4 Å². The number of carbonyl (C=O) groups excluding carboxylic acids is 1. The molecule has 0 aliphatic carbocycles. The van der Waals surface area contributed by atoms with E-state index in [-0.39, 0.29) is 23.3 Å². The first-order valence-electron chi connectivity index (χ1n) is 10.4. The van der Waals surface area contributed by atoms with Gasteiger partial charge in [0.1, 0.15) is 0 Å². The van der Waals surface area contributed by atoms with Crippen molar-refractivity contribution < 1.29 is 13.2 Å². The maximum absolute atomic E-state index is 12.6. The minimum Gasteiger partial charge on any atom is -0.308 e. The number of ketones is 1. The summed E-state index contributed by atoms with van der Waals surface area (Å²) in [6.45, 7) is 4.05. The van der Waals surface area contributed by atoms with Gasteiger partial charge in [-0.2, -0.15) is 4.31 Å². The van der Waals surface area contributed by atoms with E-state index >= 15 is 0 Å². The zero-order valence-corrected chi connectivity index (χ0v) is 18.8. The summed E-state index contributed by atoms with van der Waals surface area (Å²) in [6, 6.07) is 14.9. The fraction of sp³-hybridized carbons (Fsp3) is 0.435. The topological polar surface area (TPSA) is 69.7 Å². The van der Waals surface area contributed by atoms with E-state index in [9.17, 15) is 13.2 Å². The summed E-state index contributed by atoms with van der Waals surface area (Å²) in [5.41, 5.74) is 2.93. The molecule has 162 valence electrons. The number of hydrogen-bond donors (Lipinski definition) is 1. The van der Waals surface area contributed by atoms with Crippen LogP contribution in [0.25, 0.3) is 0 Å². The number of benzene rings is 2. The molecule has 0 saturated carbocycles. The lowest BCUT2D eigenvalue weighted by atomic mass is 10.0. The number of nitrogens with one attached hydrogen (secondary N) is 1. The van der Waals surface area contributed by atoms with E-state index in [0.717, 1.165) is 12.8 Å². The largest absolute Gasteiger partial charge is 0.308 e. The average molecular weight is 430 g/mol. The molecular weight excluding hydrogens is 398 g/mol. The second-order valence-electron chi connectivity index (χ2n) is 8.08. The van der Waals surface area contributed by atoms with E-state index in [2.05, 4.69) is 41.4 Å². The molecule has 2 aromatic carbocycles. The van der Waals surface area contributed by atoms with Gasteiger partial charge in [0.2, 0.25) is 10.0 Å². The first-order valence-corrected chi connectivity index (χ1v) is 11.8. The zero-order valence-electron chi connectivity index (χ0n) is 18.0. The molecule has 0 bridgehead atoms. The molecule has 3 rings (SSSR count). The lowest BCUT2D eigenvalue weighted by Crippen LogP contribution is -2.33. The van der Waals surface area contributed by atoms with Crippen molar-refractivity contribution in [3.63, 3.8) is 0 Å². The lowest BCUT2D eigenvalue weighted by Gasteiger charge is -2.25. The Labute approximate surface area is 179 Å². The number of Topliss-reactive ketones (excluding diaryl/α,β-unsaturated/α-hetero) is 1. The van der Waals surface area contributed by atoms with Crippen molar-refractivity contribution in [1.82, 2.24) is 14.5 Å². The maximum atomic E-state index is 12.6. The first-order chi connectivity index (χ1) is 14.3.